The van der Waals surface area contributed by atoms with Crippen LogP contribution < -0.4 is 10.6 Å². The smallest absolute Gasteiger partial charge is 0.328 e. The first-order chi connectivity index (χ1) is 17.7. The molecule has 3 aromatic rings. The molecule has 4 N–H and O–H groups in total. The highest BCUT2D eigenvalue weighted by molar-refractivity contribution is 6.35. The van der Waals surface area contributed by atoms with Crippen molar-refractivity contribution in [1.29, 1.82) is 0 Å². The Morgan fingerprint density at radius 1 is 1.22 bits per heavy atom. The van der Waals surface area contributed by atoms with Crippen molar-refractivity contribution in [3.8, 4) is 0 Å². The van der Waals surface area contributed by atoms with Gasteiger partial charge in [-0.05, 0) is 43.8 Å². The molecule has 1 aromatic carbocycles. The minimum absolute atomic E-state index is 0.0884. The topological polar surface area (TPSA) is 134 Å². The first-order valence-corrected chi connectivity index (χ1v) is 12.4. The number of anilines is 1. The predicted molar refractivity (Wildman–Crippen MR) is 136 cm³/mol. The third-order valence-corrected chi connectivity index (χ3v) is 7.81. The van der Waals surface area contributed by atoms with Crippen LogP contribution in [0, 0.1) is 5.92 Å². The molecule has 4 heterocycles. The number of aliphatic carboxylic acids is 1. The first kappa shape index (κ1) is 23.7. The van der Waals surface area contributed by atoms with Crippen molar-refractivity contribution in [2.45, 2.75) is 37.4 Å². The number of aromatic nitrogens is 2. The minimum atomic E-state index is -0.808. The van der Waals surface area contributed by atoms with Crippen LogP contribution in [0.5, 0.6) is 0 Å². The van der Waals surface area contributed by atoms with Gasteiger partial charge >= 0.3 is 12.0 Å². The molecule has 3 aliphatic rings. The number of hydrogen-bond donors (Lipinski definition) is 4. The van der Waals surface area contributed by atoms with E-state index in [2.05, 4.69) is 20.6 Å². The first-order valence-electron chi connectivity index (χ1n) is 12.0. The van der Waals surface area contributed by atoms with E-state index in [1.165, 1.54) is 9.80 Å². The Balaban J connectivity index is 1.20. The van der Waals surface area contributed by atoms with Gasteiger partial charge in [0, 0.05) is 40.3 Å². The number of imide groups is 1. The van der Waals surface area contributed by atoms with Gasteiger partial charge in [-0.3, -0.25) is 24.7 Å². The number of pyridine rings is 1. The summed E-state index contributed by atoms with van der Waals surface area (Å²) in [5, 5.41) is 17.3. The predicted octanol–water partition coefficient (Wildman–Crippen LogP) is 2.42. The van der Waals surface area contributed by atoms with Crippen LogP contribution in [0.2, 0.25) is 5.02 Å². The average molecular weight is 524 g/mol. The summed E-state index contributed by atoms with van der Waals surface area (Å²) in [6.45, 7) is 0.0951. The van der Waals surface area contributed by atoms with E-state index in [-0.39, 0.29) is 18.4 Å². The van der Waals surface area contributed by atoms with E-state index in [1.54, 1.807) is 19.2 Å². The number of carboxylic acid groups (broad SMARTS) is 1. The lowest BCUT2D eigenvalue weighted by Gasteiger charge is -2.40. The molecule has 2 aliphatic heterocycles. The molecule has 5 atom stereocenters. The Labute approximate surface area is 217 Å². The summed E-state index contributed by atoms with van der Waals surface area (Å²) in [7, 11) is 3.48. The van der Waals surface area contributed by atoms with Crippen molar-refractivity contribution in [3.63, 3.8) is 0 Å². The van der Waals surface area contributed by atoms with Crippen LogP contribution >= 0.6 is 11.6 Å². The molecule has 2 saturated heterocycles. The van der Waals surface area contributed by atoms with Crippen LogP contribution in [0.3, 0.4) is 0 Å². The summed E-state index contributed by atoms with van der Waals surface area (Å²) in [4.78, 5) is 50.5. The number of H-pyrrole nitrogens is 1. The lowest BCUT2D eigenvalue weighted by atomic mass is 10.1. The van der Waals surface area contributed by atoms with Crippen LogP contribution in [0.25, 0.3) is 10.9 Å². The van der Waals surface area contributed by atoms with Gasteiger partial charge in [0.05, 0.1) is 12.5 Å². The second-order valence-electron chi connectivity index (χ2n) is 9.82. The van der Waals surface area contributed by atoms with Crippen LogP contribution in [0.1, 0.15) is 23.7 Å². The molecule has 1 saturated carbocycles. The minimum Gasteiger partial charge on any atom is -0.481 e. The summed E-state index contributed by atoms with van der Waals surface area (Å²) >= 11 is 6.29. The maximum atomic E-state index is 13.6. The SMILES string of the molecule is CN1C(=O)N(Cc2cc3c(Cl)cccc3[nH]2)C(=O)C2C1N[C@@H](Nc1cccc(C3CC3C(=O)O)n1)N2C. The Hall–Kier alpha value is -3.67. The quantitative estimate of drug-likeness (QED) is 0.387. The van der Waals surface area contributed by atoms with Crippen LogP contribution in [0.4, 0.5) is 10.6 Å². The van der Waals surface area contributed by atoms with Gasteiger partial charge < -0.3 is 20.3 Å². The Kier molecular flexibility index (Phi) is 5.59. The lowest BCUT2D eigenvalue weighted by Crippen LogP contribution is -2.65. The molecule has 12 heteroatoms. The molecule has 3 fully saturated rings. The fraction of sp³-hybridized carbons (Fsp3) is 0.360. The molecule has 1 aliphatic carbocycles. The summed E-state index contributed by atoms with van der Waals surface area (Å²) in [6.07, 6.45) is -0.422. The molecular weight excluding hydrogens is 498 g/mol. The van der Waals surface area contributed by atoms with Gasteiger partial charge in [0.15, 0.2) is 0 Å². The fourth-order valence-corrected chi connectivity index (χ4v) is 5.57. The number of likely N-dealkylation sites (N-methyl/N-ethyl adjacent to an activating group) is 2. The maximum Gasteiger partial charge on any atom is 0.328 e. The summed E-state index contributed by atoms with van der Waals surface area (Å²) in [5.41, 5.74) is 2.27. The number of rotatable bonds is 6. The van der Waals surface area contributed by atoms with E-state index in [4.69, 9.17) is 11.6 Å². The van der Waals surface area contributed by atoms with E-state index in [0.29, 0.717) is 23.0 Å². The van der Waals surface area contributed by atoms with Gasteiger partial charge in [0.2, 0.25) is 0 Å². The van der Waals surface area contributed by atoms with Crippen LogP contribution in [-0.4, -0.2) is 80.3 Å². The Morgan fingerprint density at radius 2 is 2.00 bits per heavy atom. The van der Waals surface area contributed by atoms with Gasteiger partial charge in [-0.25, -0.2) is 9.78 Å². The summed E-state index contributed by atoms with van der Waals surface area (Å²) in [5.74, 6) is -1.03. The van der Waals surface area contributed by atoms with Gasteiger partial charge in [0.25, 0.3) is 5.91 Å². The summed E-state index contributed by atoms with van der Waals surface area (Å²) < 4.78 is 0. The number of amides is 3. The highest BCUT2D eigenvalue weighted by Gasteiger charge is 2.53. The third-order valence-electron chi connectivity index (χ3n) is 7.48. The summed E-state index contributed by atoms with van der Waals surface area (Å²) in [6, 6.07) is 11.8. The normalized spacial score (nSPS) is 27.6. The van der Waals surface area contributed by atoms with Crippen molar-refractivity contribution in [2.24, 2.45) is 5.92 Å². The zero-order valence-corrected chi connectivity index (χ0v) is 20.9. The van der Waals surface area contributed by atoms with Gasteiger partial charge in [-0.2, -0.15) is 0 Å². The molecule has 11 nitrogen and oxygen atoms in total. The van der Waals surface area contributed by atoms with E-state index in [1.807, 2.05) is 42.3 Å². The van der Waals surface area contributed by atoms with Crippen LogP contribution in [0.15, 0.2) is 42.5 Å². The molecule has 2 aromatic heterocycles. The van der Waals surface area contributed by atoms with E-state index in [9.17, 15) is 19.5 Å². The molecule has 0 bridgehead atoms. The zero-order chi connectivity index (χ0) is 26.0. The zero-order valence-electron chi connectivity index (χ0n) is 20.2. The van der Waals surface area contributed by atoms with E-state index in [0.717, 1.165) is 16.6 Å². The number of carboxylic acids is 1. The van der Waals surface area contributed by atoms with Crippen molar-refractivity contribution < 1.29 is 19.5 Å². The number of urea groups is 1. The highest BCUT2D eigenvalue weighted by Crippen LogP contribution is 2.47. The average Bonchev–Trinajstić information content (AvgIpc) is 3.48. The lowest BCUT2D eigenvalue weighted by molar-refractivity contribution is -0.139. The van der Waals surface area contributed by atoms with Crippen molar-refractivity contribution >= 4 is 46.2 Å². The van der Waals surface area contributed by atoms with Crippen molar-refractivity contribution in [3.05, 3.63) is 58.9 Å². The molecule has 6 rings (SSSR count). The largest absolute Gasteiger partial charge is 0.481 e. The molecule has 4 unspecified atom stereocenters. The maximum absolute atomic E-state index is 13.6. The van der Waals surface area contributed by atoms with Gasteiger partial charge in [0.1, 0.15) is 24.3 Å². The van der Waals surface area contributed by atoms with Gasteiger partial charge in [-0.1, -0.05) is 23.7 Å². The van der Waals surface area contributed by atoms with E-state index < -0.39 is 36.4 Å². The van der Waals surface area contributed by atoms with E-state index >= 15 is 0 Å². The number of halogens is 1. The molecule has 3 amide bonds. The fourth-order valence-electron chi connectivity index (χ4n) is 5.34. The van der Waals surface area contributed by atoms with Gasteiger partial charge in [-0.15, -0.1) is 0 Å². The molecule has 192 valence electrons. The number of hydrogen-bond acceptors (Lipinski definition) is 7. The van der Waals surface area contributed by atoms with Crippen LogP contribution in [-0.2, 0) is 16.1 Å². The van der Waals surface area contributed by atoms with Crippen molar-refractivity contribution in [1.82, 2.24) is 30.0 Å². The molecular formula is C25H26ClN7O4. The number of nitrogens with zero attached hydrogens (tertiary/aromatic N) is 4. The Morgan fingerprint density at radius 3 is 2.73 bits per heavy atom. The van der Waals surface area contributed by atoms with Crippen molar-refractivity contribution in [2.75, 3.05) is 19.4 Å². The molecule has 0 radical (unpaired) electrons. The third kappa shape index (κ3) is 3.99. The number of carbonyl (C=O) groups is 3. The number of nitrogens with one attached hydrogen (secondary N) is 3. The standard InChI is InChI=1S/C25H26ClN7O4/c1-31-20-21(30-24(31)29-19-8-4-7-17(28-19)13-10-14(13)23(35)36)32(2)25(37)33(22(20)34)11-12-9-15-16(26)5-3-6-18(15)27-12/h3-9,13-14,20-21,24,27,30H,10-11H2,1-2H3,(H,28,29)(H,35,36)/t13?,14?,20?,21?,24-/m1/s1. The second-order valence-corrected chi connectivity index (χ2v) is 10.2. The number of carbonyl (C=O) groups excluding carboxylic acids is 2. The Bertz CT molecular complexity index is 1430. The molecule has 0 spiro atoms. The monoisotopic (exact) mass is 523 g/mol. The second kappa shape index (κ2) is 8.72. The molecule has 37 heavy (non-hydrogen) atoms. The number of benzene rings is 1. The number of aromatic amines is 1. The highest BCUT2D eigenvalue weighted by atomic mass is 35.5. The number of fused-ring (bicyclic) bond motifs is 2.